The Morgan fingerprint density at radius 2 is 2.00 bits per heavy atom. The molecule has 0 bridgehead atoms. The first-order valence-corrected chi connectivity index (χ1v) is 7.14. The van der Waals surface area contributed by atoms with Crippen molar-refractivity contribution >= 4 is 5.91 Å². The van der Waals surface area contributed by atoms with Gasteiger partial charge in [-0.05, 0) is 26.3 Å². The molecule has 0 spiro atoms. The minimum absolute atomic E-state index is 0.0734. The van der Waals surface area contributed by atoms with E-state index >= 15 is 0 Å². The van der Waals surface area contributed by atoms with E-state index in [1.54, 1.807) is 7.11 Å². The third-order valence-electron chi connectivity index (χ3n) is 3.84. The highest BCUT2D eigenvalue weighted by Gasteiger charge is 2.31. The van der Waals surface area contributed by atoms with Crippen LogP contribution in [-0.4, -0.2) is 64.1 Å². The molecule has 2 unspecified atom stereocenters. The van der Waals surface area contributed by atoms with Crippen molar-refractivity contribution in [3.8, 4) is 0 Å². The lowest BCUT2D eigenvalue weighted by molar-refractivity contribution is -0.123. The van der Waals surface area contributed by atoms with Crippen LogP contribution in [0.2, 0.25) is 0 Å². The second kappa shape index (κ2) is 7.93. The van der Waals surface area contributed by atoms with Crippen LogP contribution >= 0.6 is 0 Å². The second-order valence-corrected chi connectivity index (χ2v) is 5.22. The standard InChI is InChI=1S/C14H26N2O4/c1-15-10-5-7-19-12(10)3-4-14(17)16-11-6-8-20-13(11)9-18-2/h10-13,15H,3-9H2,1-2H3,(H,16,17)/t10?,11?,12-,13-/m1/s1/i7T,8T/t7-,8-,10?,11?,12+,13+/m0. The largest absolute Gasteiger partial charge is 0.382 e. The topological polar surface area (TPSA) is 68.8 Å². The van der Waals surface area contributed by atoms with Gasteiger partial charge < -0.3 is 24.8 Å². The van der Waals surface area contributed by atoms with E-state index in [0.29, 0.717) is 32.3 Å². The Morgan fingerprint density at radius 3 is 2.70 bits per heavy atom. The van der Waals surface area contributed by atoms with Crippen LogP contribution < -0.4 is 10.6 Å². The molecular formula is C14H26N2O4. The number of likely N-dealkylation sites (N-methyl/N-ethyl adjacent to an activating group) is 1. The van der Waals surface area contributed by atoms with Gasteiger partial charge in [0.1, 0.15) is 6.10 Å². The summed E-state index contributed by atoms with van der Waals surface area (Å²) in [6.07, 6.45) is 1.69. The Balaban J connectivity index is 1.75. The van der Waals surface area contributed by atoms with Crippen molar-refractivity contribution in [2.75, 3.05) is 33.9 Å². The van der Waals surface area contributed by atoms with Crippen molar-refractivity contribution in [1.29, 1.82) is 0 Å². The minimum Gasteiger partial charge on any atom is -0.382 e. The molecule has 0 aromatic heterocycles. The molecule has 2 heterocycles. The average Bonchev–Trinajstić information content (AvgIpc) is 3.00. The predicted octanol–water partition coefficient (Wildman–Crippen LogP) is 0.0636. The van der Waals surface area contributed by atoms with Crippen LogP contribution in [0.25, 0.3) is 0 Å². The van der Waals surface area contributed by atoms with Crippen LogP contribution in [-0.2, 0) is 19.0 Å². The van der Waals surface area contributed by atoms with E-state index < -0.39 is 13.2 Å². The van der Waals surface area contributed by atoms with Gasteiger partial charge in [-0.25, -0.2) is 0 Å². The van der Waals surface area contributed by atoms with Crippen LogP contribution in [0.3, 0.4) is 0 Å². The molecule has 2 fully saturated rings. The average molecular weight is 290 g/mol. The first kappa shape index (κ1) is 13.0. The number of hydrogen-bond acceptors (Lipinski definition) is 5. The van der Waals surface area contributed by atoms with Crippen molar-refractivity contribution in [2.45, 2.75) is 50.0 Å². The lowest BCUT2D eigenvalue weighted by Gasteiger charge is -2.20. The van der Waals surface area contributed by atoms with E-state index in [1.807, 2.05) is 7.05 Å². The molecule has 0 aliphatic carbocycles. The number of ether oxygens (including phenoxy) is 3. The zero-order valence-electron chi connectivity index (χ0n) is 14.1. The maximum Gasteiger partial charge on any atom is 0.220 e. The van der Waals surface area contributed by atoms with Crippen molar-refractivity contribution in [3.05, 3.63) is 0 Å². The predicted molar refractivity (Wildman–Crippen MR) is 74.6 cm³/mol. The maximum absolute atomic E-state index is 12.1. The van der Waals surface area contributed by atoms with E-state index in [0.717, 1.165) is 0 Å². The Morgan fingerprint density at radius 1 is 1.30 bits per heavy atom. The fraction of sp³-hybridized carbons (Fsp3) is 0.929. The molecule has 0 aromatic rings. The smallest absolute Gasteiger partial charge is 0.220 e. The lowest BCUT2D eigenvalue weighted by atomic mass is 10.1. The Hall–Kier alpha value is -0.690. The van der Waals surface area contributed by atoms with E-state index in [-0.39, 0.29) is 30.2 Å². The molecule has 2 N–H and O–H groups in total. The minimum atomic E-state index is -0.610. The van der Waals surface area contributed by atoms with Crippen LogP contribution in [0.5, 0.6) is 0 Å². The van der Waals surface area contributed by atoms with Gasteiger partial charge in [-0.2, -0.15) is 0 Å². The maximum atomic E-state index is 12.1. The van der Waals surface area contributed by atoms with Gasteiger partial charge in [0.25, 0.3) is 0 Å². The highest BCUT2D eigenvalue weighted by atomic mass is 16.5. The fourth-order valence-corrected chi connectivity index (χ4v) is 2.66. The molecule has 2 saturated heterocycles. The lowest BCUT2D eigenvalue weighted by Crippen LogP contribution is -2.43. The van der Waals surface area contributed by atoms with Crippen molar-refractivity contribution in [2.24, 2.45) is 0 Å². The van der Waals surface area contributed by atoms with Gasteiger partial charge in [-0.15, -0.1) is 0 Å². The Kier molecular flexibility index (Phi) is 5.15. The molecule has 116 valence electrons. The quantitative estimate of drug-likeness (QED) is 0.694. The Bertz CT molecular complexity index is 375. The number of rotatable bonds is 7. The van der Waals surface area contributed by atoms with Gasteiger partial charge in [-0.3, -0.25) is 4.79 Å². The van der Waals surface area contributed by atoms with Crippen LogP contribution in [0.4, 0.5) is 0 Å². The number of methoxy groups -OCH3 is 1. The Labute approximate surface area is 123 Å². The van der Waals surface area contributed by atoms with Gasteiger partial charge in [0.2, 0.25) is 5.91 Å². The summed E-state index contributed by atoms with van der Waals surface area (Å²) in [5.74, 6) is -0.0734. The number of hydrogen-bond donors (Lipinski definition) is 2. The molecule has 0 aromatic carbocycles. The molecule has 20 heavy (non-hydrogen) atoms. The summed E-state index contributed by atoms with van der Waals surface area (Å²) in [6.45, 7) is -0.751. The number of carbonyl (C=O) groups excluding carboxylic acids is 1. The number of amides is 1. The molecule has 2 rings (SSSR count). The summed E-state index contributed by atoms with van der Waals surface area (Å²) in [4.78, 5) is 12.1. The molecule has 2 aliphatic heterocycles. The van der Waals surface area contributed by atoms with E-state index in [2.05, 4.69) is 10.6 Å². The zero-order valence-corrected chi connectivity index (χ0v) is 12.1. The number of carbonyl (C=O) groups is 1. The molecule has 2 aliphatic rings. The van der Waals surface area contributed by atoms with Gasteiger partial charge >= 0.3 is 0 Å². The molecule has 0 radical (unpaired) electrons. The van der Waals surface area contributed by atoms with Gasteiger partial charge in [0.15, 0.2) is 0 Å². The summed E-state index contributed by atoms with van der Waals surface area (Å²) in [7, 11) is 3.42. The summed E-state index contributed by atoms with van der Waals surface area (Å²) in [6, 6.07) is -0.0487. The third kappa shape index (κ3) is 4.15. The van der Waals surface area contributed by atoms with Crippen molar-refractivity contribution < 1.29 is 21.7 Å². The van der Waals surface area contributed by atoms with Crippen molar-refractivity contribution in [3.63, 3.8) is 0 Å². The van der Waals surface area contributed by atoms with Crippen LogP contribution in [0, 0.1) is 0 Å². The first-order chi connectivity index (χ1) is 10.5. The molecule has 6 atom stereocenters. The zero-order chi connectivity index (χ0) is 16.1. The van der Waals surface area contributed by atoms with E-state index in [4.69, 9.17) is 17.0 Å². The summed E-state index contributed by atoms with van der Waals surface area (Å²) in [5, 5.41) is 6.06. The SMILES string of the molecule is [3H][C@H]1CC(NC)[C@@H](CCC(=O)NC2C[C@H]([3H])O[C@@H]2COC)O1. The highest BCUT2D eigenvalue weighted by molar-refractivity contribution is 5.76. The normalized spacial score (nSPS) is 42.3. The van der Waals surface area contributed by atoms with Gasteiger partial charge in [-0.1, -0.05) is 0 Å². The van der Waals surface area contributed by atoms with E-state index in [1.165, 1.54) is 0 Å². The van der Waals surface area contributed by atoms with Crippen LogP contribution in [0.1, 0.15) is 28.4 Å². The van der Waals surface area contributed by atoms with Gasteiger partial charge in [0, 0.05) is 32.7 Å². The van der Waals surface area contributed by atoms with Crippen molar-refractivity contribution in [1.82, 2.24) is 10.6 Å². The monoisotopic (exact) mass is 290 g/mol. The van der Waals surface area contributed by atoms with Gasteiger partial charge in [0.05, 0.1) is 21.5 Å². The molecule has 6 heteroatoms. The highest BCUT2D eigenvalue weighted by Crippen LogP contribution is 2.18. The third-order valence-corrected chi connectivity index (χ3v) is 3.84. The summed E-state index contributed by atoms with van der Waals surface area (Å²) in [5.41, 5.74) is 0. The molecular weight excluding hydrogens is 260 g/mol. The second-order valence-electron chi connectivity index (χ2n) is 5.22. The van der Waals surface area contributed by atoms with Crippen LogP contribution in [0.15, 0.2) is 0 Å². The molecule has 6 nitrogen and oxygen atoms in total. The number of nitrogens with one attached hydrogen (secondary N) is 2. The van der Waals surface area contributed by atoms with E-state index in [9.17, 15) is 4.79 Å². The molecule has 0 saturated carbocycles. The summed E-state index contributed by atoms with van der Waals surface area (Å²) >= 11 is 0. The first-order valence-electron chi connectivity index (χ1n) is 8.30. The fourth-order valence-electron chi connectivity index (χ4n) is 2.66. The molecule has 1 amide bonds. The summed E-state index contributed by atoms with van der Waals surface area (Å²) < 4.78 is 31.3.